The molecule has 0 bridgehead atoms. The minimum absolute atomic E-state index is 0. The third-order valence-corrected chi connectivity index (χ3v) is 2.67. The molecule has 0 spiro atoms. The van der Waals surface area contributed by atoms with Crippen molar-refractivity contribution in [3.05, 3.63) is 34.6 Å². The molecule has 0 radical (unpaired) electrons. The van der Waals surface area contributed by atoms with Crippen LogP contribution in [0.4, 0.5) is 4.39 Å². The number of unbranched alkanes of at least 4 members (excludes halogenated alkanes) is 2. The molecule has 0 atom stereocenters. The van der Waals surface area contributed by atoms with Gasteiger partial charge in [0.15, 0.2) is 0 Å². The van der Waals surface area contributed by atoms with Crippen LogP contribution in [-0.4, -0.2) is 6.54 Å². The molecule has 0 amide bonds. The van der Waals surface area contributed by atoms with Crippen LogP contribution in [0, 0.1) is 5.82 Å². The number of benzene rings is 1. The maximum Gasteiger partial charge on any atom is 0.129 e. The lowest BCUT2D eigenvalue weighted by atomic mass is 10.2. The Morgan fingerprint density at radius 1 is 1.31 bits per heavy atom. The van der Waals surface area contributed by atoms with Gasteiger partial charge in [-0.25, -0.2) is 4.39 Å². The van der Waals surface area contributed by atoms with Gasteiger partial charge in [0.2, 0.25) is 0 Å². The van der Waals surface area contributed by atoms with Crippen LogP contribution in [0.5, 0.6) is 0 Å². The minimum atomic E-state index is -0.231. The van der Waals surface area contributed by atoms with Gasteiger partial charge in [-0.05, 0) is 25.1 Å². The second-order valence-electron chi connectivity index (χ2n) is 3.58. The summed E-state index contributed by atoms with van der Waals surface area (Å²) in [6, 6.07) is 4.78. The molecule has 1 rings (SSSR count). The third kappa shape index (κ3) is 5.15. The molecular weight excluding hydrogens is 248 g/mol. The van der Waals surface area contributed by atoms with E-state index in [2.05, 4.69) is 12.2 Å². The fraction of sp³-hybridized carbons (Fsp3) is 0.500. The Morgan fingerprint density at radius 2 is 2.06 bits per heavy atom. The van der Waals surface area contributed by atoms with Gasteiger partial charge < -0.3 is 5.32 Å². The Bertz CT molecular complexity index is 285. The molecule has 92 valence electrons. The van der Waals surface area contributed by atoms with Crippen molar-refractivity contribution in [2.24, 2.45) is 0 Å². The Balaban J connectivity index is 0.00000225. The first-order valence-electron chi connectivity index (χ1n) is 5.39. The SMILES string of the molecule is CCCCCNCc1c(F)cccc1Cl.Cl. The summed E-state index contributed by atoms with van der Waals surface area (Å²) in [5.74, 6) is -0.231. The van der Waals surface area contributed by atoms with Crippen LogP contribution in [0.15, 0.2) is 18.2 Å². The molecule has 0 unspecified atom stereocenters. The van der Waals surface area contributed by atoms with E-state index in [4.69, 9.17) is 11.6 Å². The van der Waals surface area contributed by atoms with Crippen molar-refractivity contribution in [3.63, 3.8) is 0 Å². The molecule has 1 nitrogen and oxygen atoms in total. The molecule has 1 N–H and O–H groups in total. The van der Waals surface area contributed by atoms with Gasteiger partial charge in [0, 0.05) is 17.1 Å². The molecule has 0 aliphatic carbocycles. The maximum atomic E-state index is 13.3. The first-order chi connectivity index (χ1) is 7.25. The predicted octanol–water partition coefficient (Wildman–Crippen LogP) is 4.18. The molecular formula is C12H18Cl2FN. The summed E-state index contributed by atoms with van der Waals surface area (Å²) in [4.78, 5) is 0. The molecule has 1 aromatic carbocycles. The van der Waals surface area contributed by atoms with Gasteiger partial charge >= 0.3 is 0 Å². The summed E-state index contributed by atoms with van der Waals surface area (Å²) in [5.41, 5.74) is 0.565. The molecule has 0 aliphatic heterocycles. The number of halogens is 3. The van der Waals surface area contributed by atoms with Crippen LogP contribution < -0.4 is 5.32 Å². The molecule has 0 saturated heterocycles. The highest BCUT2D eigenvalue weighted by Gasteiger charge is 2.05. The number of rotatable bonds is 6. The summed E-state index contributed by atoms with van der Waals surface area (Å²) in [5, 5.41) is 3.69. The van der Waals surface area contributed by atoms with Crippen LogP contribution in [0.25, 0.3) is 0 Å². The average molecular weight is 266 g/mol. The number of nitrogens with one attached hydrogen (secondary N) is 1. The topological polar surface area (TPSA) is 12.0 Å². The highest BCUT2D eigenvalue weighted by Crippen LogP contribution is 2.18. The molecule has 1 aromatic rings. The van der Waals surface area contributed by atoms with Crippen LogP contribution in [0.1, 0.15) is 31.7 Å². The number of hydrogen-bond donors (Lipinski definition) is 1. The smallest absolute Gasteiger partial charge is 0.129 e. The summed E-state index contributed by atoms with van der Waals surface area (Å²) in [7, 11) is 0. The lowest BCUT2D eigenvalue weighted by Gasteiger charge is -2.07. The summed E-state index contributed by atoms with van der Waals surface area (Å²) >= 11 is 5.89. The molecule has 4 heteroatoms. The van der Waals surface area contributed by atoms with Gasteiger partial charge in [0.25, 0.3) is 0 Å². The van der Waals surface area contributed by atoms with Crippen LogP contribution in [0.2, 0.25) is 5.02 Å². The maximum absolute atomic E-state index is 13.3. The van der Waals surface area contributed by atoms with Crippen molar-refractivity contribution in [1.29, 1.82) is 0 Å². The minimum Gasteiger partial charge on any atom is -0.313 e. The molecule has 0 heterocycles. The summed E-state index contributed by atoms with van der Waals surface area (Å²) < 4.78 is 13.3. The van der Waals surface area contributed by atoms with Gasteiger partial charge in [0.1, 0.15) is 5.82 Å². The molecule has 16 heavy (non-hydrogen) atoms. The zero-order valence-electron chi connectivity index (χ0n) is 9.43. The predicted molar refractivity (Wildman–Crippen MR) is 69.9 cm³/mol. The molecule has 0 aromatic heterocycles. The average Bonchev–Trinajstić information content (AvgIpc) is 2.21. The summed E-state index contributed by atoms with van der Waals surface area (Å²) in [6.07, 6.45) is 3.53. The van der Waals surface area contributed by atoms with Crippen molar-refractivity contribution < 1.29 is 4.39 Å². The van der Waals surface area contributed by atoms with Crippen molar-refractivity contribution >= 4 is 24.0 Å². The standard InChI is InChI=1S/C12H17ClFN.ClH/c1-2-3-4-8-15-9-10-11(13)6-5-7-12(10)14;/h5-7,15H,2-4,8-9H2,1H3;1H. The van der Waals surface area contributed by atoms with E-state index in [-0.39, 0.29) is 18.2 Å². The lowest BCUT2D eigenvalue weighted by Crippen LogP contribution is -2.15. The van der Waals surface area contributed by atoms with E-state index in [0.717, 1.165) is 13.0 Å². The zero-order valence-corrected chi connectivity index (χ0v) is 11.0. The van der Waals surface area contributed by atoms with Gasteiger partial charge in [-0.15, -0.1) is 12.4 Å². The largest absolute Gasteiger partial charge is 0.313 e. The first kappa shape index (κ1) is 15.7. The van der Waals surface area contributed by atoms with Crippen LogP contribution in [-0.2, 0) is 6.54 Å². The third-order valence-electron chi connectivity index (χ3n) is 2.32. The van der Waals surface area contributed by atoms with E-state index in [1.807, 2.05) is 0 Å². The second kappa shape index (κ2) is 8.80. The normalized spacial score (nSPS) is 9.94. The van der Waals surface area contributed by atoms with Crippen LogP contribution >= 0.6 is 24.0 Å². The summed E-state index contributed by atoms with van der Waals surface area (Å²) in [6.45, 7) is 3.58. The lowest BCUT2D eigenvalue weighted by molar-refractivity contribution is 0.574. The molecule has 0 fully saturated rings. The fourth-order valence-corrected chi connectivity index (χ4v) is 1.64. The van der Waals surface area contributed by atoms with Crippen molar-refractivity contribution in [1.82, 2.24) is 5.32 Å². The fourth-order valence-electron chi connectivity index (χ4n) is 1.41. The van der Waals surface area contributed by atoms with E-state index in [0.29, 0.717) is 17.1 Å². The van der Waals surface area contributed by atoms with Crippen molar-refractivity contribution in [3.8, 4) is 0 Å². The van der Waals surface area contributed by atoms with E-state index >= 15 is 0 Å². The number of hydrogen-bond acceptors (Lipinski definition) is 1. The van der Waals surface area contributed by atoms with E-state index in [1.165, 1.54) is 18.9 Å². The van der Waals surface area contributed by atoms with Crippen LogP contribution in [0.3, 0.4) is 0 Å². The Labute approximate surface area is 108 Å². The van der Waals surface area contributed by atoms with Gasteiger partial charge in [-0.2, -0.15) is 0 Å². The van der Waals surface area contributed by atoms with E-state index in [1.54, 1.807) is 12.1 Å². The Kier molecular flexibility index (Phi) is 8.63. The van der Waals surface area contributed by atoms with Gasteiger partial charge in [-0.1, -0.05) is 37.4 Å². The van der Waals surface area contributed by atoms with Gasteiger partial charge in [-0.3, -0.25) is 0 Å². The zero-order chi connectivity index (χ0) is 11.1. The molecule has 0 aliphatic rings. The monoisotopic (exact) mass is 265 g/mol. The first-order valence-corrected chi connectivity index (χ1v) is 5.77. The quantitative estimate of drug-likeness (QED) is 0.761. The van der Waals surface area contributed by atoms with Gasteiger partial charge in [0.05, 0.1) is 0 Å². The second-order valence-corrected chi connectivity index (χ2v) is 3.99. The van der Waals surface area contributed by atoms with Crippen molar-refractivity contribution in [2.75, 3.05) is 6.54 Å². The highest BCUT2D eigenvalue weighted by molar-refractivity contribution is 6.31. The Morgan fingerprint density at radius 3 is 2.69 bits per heavy atom. The van der Waals surface area contributed by atoms with E-state index in [9.17, 15) is 4.39 Å². The van der Waals surface area contributed by atoms with Crippen molar-refractivity contribution in [2.45, 2.75) is 32.7 Å². The molecule has 0 saturated carbocycles. The van der Waals surface area contributed by atoms with E-state index < -0.39 is 0 Å². The highest BCUT2D eigenvalue weighted by atomic mass is 35.5. The Hall–Kier alpha value is -0.310.